The fraction of sp³-hybridized carbons (Fsp3) is 0.444. The second kappa shape index (κ2) is 7.39. The Bertz CT molecular complexity index is 830. The number of sulfone groups is 1. The molecule has 1 amide bonds. The highest BCUT2D eigenvalue weighted by Crippen LogP contribution is 2.19. The lowest BCUT2D eigenvalue weighted by molar-refractivity contribution is -0.132. The van der Waals surface area contributed by atoms with Crippen LogP contribution in [0.2, 0.25) is 0 Å². The molecule has 0 radical (unpaired) electrons. The first-order valence-corrected chi connectivity index (χ1v) is 10.4. The van der Waals surface area contributed by atoms with Crippen molar-refractivity contribution in [2.75, 3.05) is 18.1 Å². The molecule has 1 atom stereocenters. The molecule has 1 saturated heterocycles. The lowest BCUT2D eigenvalue weighted by Crippen LogP contribution is -2.42. The topological polar surface area (TPSA) is 72.3 Å². The summed E-state index contributed by atoms with van der Waals surface area (Å²) < 4.78 is 25.2. The summed E-state index contributed by atoms with van der Waals surface area (Å²) in [7, 11) is -3.01. The Morgan fingerprint density at radius 3 is 2.72 bits per heavy atom. The van der Waals surface area contributed by atoms with Crippen molar-refractivity contribution in [2.24, 2.45) is 0 Å². The average Bonchev–Trinajstić information content (AvgIpc) is 3.19. The van der Waals surface area contributed by atoms with Crippen LogP contribution in [0.3, 0.4) is 0 Å². The van der Waals surface area contributed by atoms with Gasteiger partial charge in [-0.2, -0.15) is 5.10 Å². The molecule has 0 aliphatic carbocycles. The van der Waals surface area contributed by atoms with Crippen LogP contribution >= 0.6 is 0 Å². The SMILES string of the molecule is CCCN(C(=O)Cc1cnn(-c2ccccc2)c1)C1CCS(=O)(=O)C1. The van der Waals surface area contributed by atoms with Gasteiger partial charge in [-0.15, -0.1) is 0 Å². The van der Waals surface area contributed by atoms with Gasteiger partial charge >= 0.3 is 0 Å². The van der Waals surface area contributed by atoms with E-state index >= 15 is 0 Å². The van der Waals surface area contributed by atoms with Crippen molar-refractivity contribution in [2.45, 2.75) is 32.2 Å². The van der Waals surface area contributed by atoms with Gasteiger partial charge in [0.05, 0.1) is 29.8 Å². The molecule has 1 aliphatic heterocycles. The molecular formula is C18H23N3O3S. The van der Waals surface area contributed by atoms with Crippen molar-refractivity contribution in [3.63, 3.8) is 0 Å². The summed E-state index contributed by atoms with van der Waals surface area (Å²) in [5, 5.41) is 4.32. The standard InChI is InChI=1S/C18H23N3O3S/c1-2-9-20(17-8-10-25(23,24)14-17)18(22)11-15-12-19-21(13-15)16-6-4-3-5-7-16/h3-7,12-13,17H,2,8-11,14H2,1H3. The Hall–Kier alpha value is -2.15. The maximum absolute atomic E-state index is 12.7. The molecule has 1 fully saturated rings. The van der Waals surface area contributed by atoms with E-state index in [0.717, 1.165) is 17.7 Å². The third kappa shape index (κ3) is 4.28. The number of nitrogens with zero attached hydrogens (tertiary/aromatic N) is 3. The summed E-state index contributed by atoms with van der Waals surface area (Å²) in [4.78, 5) is 14.5. The summed E-state index contributed by atoms with van der Waals surface area (Å²) in [6.07, 6.45) is 5.13. The zero-order valence-corrected chi connectivity index (χ0v) is 15.2. The molecule has 0 spiro atoms. The van der Waals surface area contributed by atoms with Crippen LogP contribution in [0.5, 0.6) is 0 Å². The Morgan fingerprint density at radius 1 is 1.32 bits per heavy atom. The molecule has 1 aromatic carbocycles. The van der Waals surface area contributed by atoms with E-state index in [1.807, 2.05) is 43.5 Å². The highest BCUT2D eigenvalue weighted by molar-refractivity contribution is 7.91. The summed E-state index contributed by atoms with van der Waals surface area (Å²) in [5.41, 5.74) is 1.77. The smallest absolute Gasteiger partial charge is 0.227 e. The average molecular weight is 361 g/mol. The number of benzene rings is 1. The van der Waals surface area contributed by atoms with Crippen LogP contribution in [-0.2, 0) is 21.1 Å². The van der Waals surface area contributed by atoms with E-state index in [2.05, 4.69) is 5.10 Å². The largest absolute Gasteiger partial charge is 0.338 e. The van der Waals surface area contributed by atoms with Crippen molar-refractivity contribution in [3.8, 4) is 5.69 Å². The molecule has 1 aliphatic rings. The summed E-state index contributed by atoms with van der Waals surface area (Å²) in [6, 6.07) is 9.52. The lowest BCUT2D eigenvalue weighted by atomic mass is 10.1. The second-order valence-electron chi connectivity index (χ2n) is 6.45. The van der Waals surface area contributed by atoms with E-state index in [9.17, 15) is 13.2 Å². The number of rotatable bonds is 6. The molecule has 0 N–H and O–H groups in total. The van der Waals surface area contributed by atoms with Gasteiger partial charge in [0.1, 0.15) is 0 Å². The van der Waals surface area contributed by atoms with E-state index < -0.39 is 9.84 Å². The first-order valence-electron chi connectivity index (χ1n) is 8.57. The zero-order chi connectivity index (χ0) is 17.9. The first kappa shape index (κ1) is 17.7. The quantitative estimate of drug-likeness (QED) is 0.787. The molecule has 7 heteroatoms. The van der Waals surface area contributed by atoms with Crippen molar-refractivity contribution in [1.29, 1.82) is 0 Å². The van der Waals surface area contributed by atoms with Gasteiger partial charge in [-0.05, 0) is 30.5 Å². The third-order valence-corrected chi connectivity index (χ3v) is 6.20. The molecule has 1 unspecified atom stereocenters. The maximum atomic E-state index is 12.7. The minimum atomic E-state index is -3.01. The Kier molecular flexibility index (Phi) is 5.22. The molecule has 0 saturated carbocycles. The number of carbonyl (C=O) groups is 1. The molecule has 0 bridgehead atoms. The van der Waals surface area contributed by atoms with Gasteiger partial charge in [0.15, 0.2) is 9.84 Å². The van der Waals surface area contributed by atoms with E-state index in [1.54, 1.807) is 15.8 Å². The van der Waals surface area contributed by atoms with Crippen LogP contribution in [0.25, 0.3) is 5.69 Å². The molecular weight excluding hydrogens is 338 g/mol. The number of carbonyl (C=O) groups excluding carboxylic acids is 1. The minimum Gasteiger partial charge on any atom is -0.338 e. The Balaban J connectivity index is 1.70. The number of aromatic nitrogens is 2. The van der Waals surface area contributed by atoms with Gasteiger partial charge in [-0.25, -0.2) is 13.1 Å². The molecule has 25 heavy (non-hydrogen) atoms. The van der Waals surface area contributed by atoms with Gasteiger partial charge in [-0.3, -0.25) is 4.79 Å². The molecule has 6 nitrogen and oxygen atoms in total. The van der Waals surface area contributed by atoms with Crippen molar-refractivity contribution < 1.29 is 13.2 Å². The predicted octanol–water partition coefficient (Wildman–Crippen LogP) is 1.84. The molecule has 2 heterocycles. The van der Waals surface area contributed by atoms with Crippen molar-refractivity contribution in [3.05, 3.63) is 48.3 Å². The van der Waals surface area contributed by atoms with Crippen molar-refractivity contribution >= 4 is 15.7 Å². The number of hydrogen-bond donors (Lipinski definition) is 0. The molecule has 1 aromatic heterocycles. The third-order valence-electron chi connectivity index (χ3n) is 4.45. The summed E-state index contributed by atoms with van der Waals surface area (Å²) in [6.45, 7) is 2.59. The fourth-order valence-corrected chi connectivity index (χ4v) is 4.95. The molecule has 134 valence electrons. The van der Waals surface area contributed by atoms with Crippen LogP contribution in [0, 0.1) is 0 Å². The number of para-hydroxylation sites is 1. The summed E-state index contributed by atoms with van der Waals surface area (Å²) >= 11 is 0. The van der Waals surface area contributed by atoms with Gasteiger partial charge in [-0.1, -0.05) is 25.1 Å². The first-order chi connectivity index (χ1) is 12.0. The van der Waals surface area contributed by atoms with Crippen LogP contribution in [-0.4, -0.2) is 53.1 Å². The van der Waals surface area contributed by atoms with E-state index in [-0.39, 0.29) is 29.9 Å². The van der Waals surface area contributed by atoms with E-state index in [1.165, 1.54) is 0 Å². The van der Waals surface area contributed by atoms with Gasteiger partial charge < -0.3 is 4.90 Å². The Morgan fingerprint density at radius 2 is 2.08 bits per heavy atom. The van der Waals surface area contributed by atoms with Gasteiger partial charge in [0.2, 0.25) is 5.91 Å². The van der Waals surface area contributed by atoms with Gasteiger partial charge in [0.25, 0.3) is 0 Å². The predicted molar refractivity (Wildman–Crippen MR) is 96.3 cm³/mol. The second-order valence-corrected chi connectivity index (χ2v) is 8.68. The van der Waals surface area contributed by atoms with Crippen LogP contribution in [0.15, 0.2) is 42.7 Å². The normalized spacial score (nSPS) is 19.0. The van der Waals surface area contributed by atoms with Crippen LogP contribution in [0.4, 0.5) is 0 Å². The van der Waals surface area contributed by atoms with E-state index in [0.29, 0.717) is 13.0 Å². The molecule has 3 rings (SSSR count). The monoisotopic (exact) mass is 361 g/mol. The van der Waals surface area contributed by atoms with Gasteiger partial charge in [0, 0.05) is 18.8 Å². The van der Waals surface area contributed by atoms with Crippen LogP contribution in [0.1, 0.15) is 25.3 Å². The number of amides is 1. The highest BCUT2D eigenvalue weighted by atomic mass is 32.2. The van der Waals surface area contributed by atoms with Crippen LogP contribution < -0.4 is 0 Å². The molecule has 2 aromatic rings. The Labute approximate surface area is 148 Å². The minimum absolute atomic E-state index is 0.0310. The highest BCUT2D eigenvalue weighted by Gasteiger charge is 2.34. The van der Waals surface area contributed by atoms with Crippen molar-refractivity contribution in [1.82, 2.24) is 14.7 Å². The lowest BCUT2D eigenvalue weighted by Gasteiger charge is -2.27. The summed E-state index contributed by atoms with van der Waals surface area (Å²) in [5.74, 6) is 0.232. The maximum Gasteiger partial charge on any atom is 0.227 e. The number of hydrogen-bond acceptors (Lipinski definition) is 4. The van der Waals surface area contributed by atoms with E-state index in [4.69, 9.17) is 0 Å². The zero-order valence-electron chi connectivity index (χ0n) is 14.3. The fourth-order valence-electron chi connectivity index (χ4n) is 3.22.